The molecule has 188 valence electrons. The molecule has 3 aromatic carbocycles. The molecule has 5 rings (SSSR count). The highest BCUT2D eigenvalue weighted by Gasteiger charge is 2.47. The van der Waals surface area contributed by atoms with Crippen molar-refractivity contribution in [3.8, 4) is 17.2 Å². The monoisotopic (exact) mass is 498 g/mol. The number of phenols is 1. The minimum atomic E-state index is -0.981. The number of H-pyrrole nitrogens is 1. The molecule has 0 bridgehead atoms. The number of nitrogens with zero attached hydrogens (tertiary/aromatic N) is 1. The van der Waals surface area contributed by atoms with Crippen LogP contribution in [0, 0.1) is 0 Å². The lowest BCUT2D eigenvalue weighted by Crippen LogP contribution is -2.29. The predicted molar refractivity (Wildman–Crippen MR) is 140 cm³/mol. The van der Waals surface area contributed by atoms with E-state index in [2.05, 4.69) is 4.98 Å². The fourth-order valence-electron chi connectivity index (χ4n) is 4.69. The maximum absolute atomic E-state index is 13.5. The molecule has 8 heteroatoms. The molecule has 0 aliphatic carbocycles. The molecule has 1 fully saturated rings. The number of hydrogen-bond donors (Lipinski definition) is 3. The van der Waals surface area contributed by atoms with Crippen molar-refractivity contribution < 1.29 is 29.3 Å². The van der Waals surface area contributed by atoms with Crippen molar-refractivity contribution >= 4 is 34.0 Å². The number of carbonyl (C=O) groups excluding carboxylic acids is 2. The summed E-state index contributed by atoms with van der Waals surface area (Å²) < 4.78 is 11.2. The summed E-state index contributed by atoms with van der Waals surface area (Å²) in [6.45, 7) is 4.38. The Morgan fingerprint density at radius 2 is 1.76 bits per heavy atom. The number of hydrogen-bond acceptors (Lipinski definition) is 6. The van der Waals surface area contributed by atoms with E-state index in [9.17, 15) is 19.8 Å². The predicted octanol–water partition coefficient (Wildman–Crippen LogP) is 5.30. The van der Waals surface area contributed by atoms with E-state index >= 15 is 0 Å². The van der Waals surface area contributed by atoms with E-state index in [1.54, 1.807) is 49.5 Å². The van der Waals surface area contributed by atoms with Gasteiger partial charge in [0.05, 0.1) is 24.8 Å². The number of aromatic amines is 1. The van der Waals surface area contributed by atoms with Crippen LogP contribution in [0.2, 0.25) is 0 Å². The fraction of sp³-hybridized carbons (Fsp3) is 0.172. The van der Waals surface area contributed by atoms with Crippen molar-refractivity contribution in [2.75, 3.05) is 18.1 Å². The van der Waals surface area contributed by atoms with Crippen LogP contribution in [0.15, 0.2) is 78.5 Å². The third kappa shape index (κ3) is 4.16. The minimum Gasteiger partial charge on any atom is -0.507 e. The largest absolute Gasteiger partial charge is 0.507 e. The second kappa shape index (κ2) is 9.73. The van der Waals surface area contributed by atoms with Crippen LogP contribution in [0.3, 0.4) is 0 Å². The van der Waals surface area contributed by atoms with E-state index in [0.717, 1.165) is 5.52 Å². The number of ether oxygens (including phenoxy) is 2. The number of aromatic hydroxyl groups is 1. The quantitative estimate of drug-likeness (QED) is 0.181. The van der Waals surface area contributed by atoms with Crippen molar-refractivity contribution in [2.24, 2.45) is 0 Å². The van der Waals surface area contributed by atoms with Gasteiger partial charge in [0, 0.05) is 34.4 Å². The number of aliphatic hydroxyl groups excluding tert-OH is 1. The molecule has 1 saturated heterocycles. The summed E-state index contributed by atoms with van der Waals surface area (Å²) in [6.07, 6.45) is 1.61. The van der Waals surface area contributed by atoms with E-state index in [1.807, 2.05) is 31.2 Å². The van der Waals surface area contributed by atoms with Crippen LogP contribution in [0.25, 0.3) is 16.7 Å². The summed E-state index contributed by atoms with van der Waals surface area (Å²) in [4.78, 5) is 31.4. The lowest BCUT2D eigenvalue weighted by atomic mass is 9.94. The van der Waals surface area contributed by atoms with Crippen LogP contribution >= 0.6 is 0 Å². The summed E-state index contributed by atoms with van der Waals surface area (Å²) in [6, 6.07) is 17.9. The Hall–Kier alpha value is -4.72. The van der Waals surface area contributed by atoms with Crippen molar-refractivity contribution in [2.45, 2.75) is 19.9 Å². The average molecular weight is 499 g/mol. The summed E-state index contributed by atoms with van der Waals surface area (Å²) in [5, 5.41) is 22.5. The van der Waals surface area contributed by atoms with Gasteiger partial charge in [0.25, 0.3) is 11.7 Å². The zero-order chi connectivity index (χ0) is 26.1. The zero-order valence-corrected chi connectivity index (χ0v) is 20.4. The van der Waals surface area contributed by atoms with Gasteiger partial charge < -0.3 is 24.7 Å². The molecule has 8 nitrogen and oxygen atoms in total. The van der Waals surface area contributed by atoms with Crippen molar-refractivity contribution in [3.05, 3.63) is 89.6 Å². The molecule has 1 atom stereocenters. The first-order valence-corrected chi connectivity index (χ1v) is 12.0. The Labute approximate surface area is 213 Å². The maximum Gasteiger partial charge on any atom is 0.300 e. The number of aliphatic hydroxyl groups is 1. The molecule has 0 spiro atoms. The number of carbonyl (C=O) groups is 2. The summed E-state index contributed by atoms with van der Waals surface area (Å²) >= 11 is 0. The van der Waals surface area contributed by atoms with Crippen LogP contribution in [0.1, 0.15) is 31.0 Å². The van der Waals surface area contributed by atoms with Crippen molar-refractivity contribution in [1.29, 1.82) is 0 Å². The summed E-state index contributed by atoms with van der Waals surface area (Å²) in [5.41, 5.74) is 2.04. The molecule has 1 aliphatic heterocycles. The van der Waals surface area contributed by atoms with Crippen LogP contribution in [0.5, 0.6) is 17.2 Å². The van der Waals surface area contributed by atoms with Crippen LogP contribution < -0.4 is 14.4 Å². The number of para-hydroxylation sites is 1. The summed E-state index contributed by atoms with van der Waals surface area (Å²) in [7, 11) is 0. The first-order valence-electron chi connectivity index (χ1n) is 12.0. The highest BCUT2D eigenvalue weighted by atomic mass is 16.5. The molecule has 0 saturated carbocycles. The Morgan fingerprint density at radius 3 is 2.54 bits per heavy atom. The van der Waals surface area contributed by atoms with Gasteiger partial charge in [-0.05, 0) is 49.7 Å². The summed E-state index contributed by atoms with van der Waals surface area (Å²) in [5.74, 6) is -1.22. The van der Waals surface area contributed by atoms with Gasteiger partial charge in [-0.1, -0.05) is 30.3 Å². The molecule has 1 amide bonds. The molecule has 37 heavy (non-hydrogen) atoms. The Bertz CT molecular complexity index is 1540. The number of phenolic OH excluding ortho intramolecular Hbond substituents is 1. The van der Waals surface area contributed by atoms with Crippen molar-refractivity contribution in [3.63, 3.8) is 0 Å². The number of Topliss-reactive ketones (excluding diaryl/α,β-unsaturated/α-hetero) is 1. The van der Waals surface area contributed by atoms with Crippen LogP contribution in [-0.4, -0.2) is 40.1 Å². The first kappa shape index (κ1) is 24.0. The molecule has 1 unspecified atom stereocenters. The van der Waals surface area contributed by atoms with Gasteiger partial charge in [0.15, 0.2) is 11.5 Å². The molecule has 0 radical (unpaired) electrons. The Balaban J connectivity index is 1.75. The second-order valence-corrected chi connectivity index (χ2v) is 8.51. The number of anilines is 1. The smallest absolute Gasteiger partial charge is 0.300 e. The van der Waals surface area contributed by atoms with Gasteiger partial charge in [-0.15, -0.1) is 0 Å². The first-order chi connectivity index (χ1) is 17.9. The number of ketones is 1. The molecule has 4 aromatic rings. The standard InChI is InChI=1S/C29H26N2O6/c1-3-36-19-9-7-8-18(15-19)31-26(17-12-13-23(32)24(14-17)37-4-2)25(28(34)29(31)35)27(33)21-16-30-22-11-6-5-10-20(21)22/h5-16,26,30,32-33H,3-4H2,1-2H3/b27-25-. The van der Waals surface area contributed by atoms with Gasteiger partial charge in [-0.3, -0.25) is 14.5 Å². The highest BCUT2D eigenvalue weighted by molar-refractivity contribution is 6.51. The number of aromatic nitrogens is 1. The molecular weight excluding hydrogens is 472 g/mol. The van der Waals surface area contributed by atoms with Gasteiger partial charge in [0.1, 0.15) is 11.5 Å². The molecule has 2 heterocycles. The number of amides is 1. The average Bonchev–Trinajstić information content (AvgIpc) is 3.44. The Kier molecular flexibility index (Phi) is 6.31. The molecule has 1 aliphatic rings. The third-order valence-electron chi connectivity index (χ3n) is 6.30. The van der Waals surface area contributed by atoms with Crippen LogP contribution in [-0.2, 0) is 9.59 Å². The SMILES string of the molecule is CCOc1cccc(N2C(=O)C(=O)/C(=C(\O)c3c[nH]c4ccccc34)C2c2ccc(O)c(OCC)c2)c1. The van der Waals surface area contributed by atoms with Gasteiger partial charge in [0.2, 0.25) is 0 Å². The normalized spacial score (nSPS) is 16.9. The third-order valence-corrected chi connectivity index (χ3v) is 6.30. The number of rotatable bonds is 7. The van der Waals surface area contributed by atoms with E-state index in [0.29, 0.717) is 41.2 Å². The molecule has 1 aromatic heterocycles. The number of fused-ring (bicyclic) bond motifs is 1. The van der Waals surface area contributed by atoms with E-state index in [1.165, 1.54) is 11.0 Å². The topological polar surface area (TPSA) is 112 Å². The van der Waals surface area contributed by atoms with E-state index < -0.39 is 17.7 Å². The fourth-order valence-corrected chi connectivity index (χ4v) is 4.69. The second-order valence-electron chi connectivity index (χ2n) is 8.51. The minimum absolute atomic E-state index is 0.0651. The number of nitrogens with one attached hydrogen (secondary N) is 1. The molecular formula is C29H26N2O6. The lowest BCUT2D eigenvalue weighted by Gasteiger charge is -2.26. The molecule has 3 N–H and O–H groups in total. The maximum atomic E-state index is 13.5. The Morgan fingerprint density at radius 1 is 0.973 bits per heavy atom. The highest BCUT2D eigenvalue weighted by Crippen LogP contribution is 2.45. The zero-order valence-electron chi connectivity index (χ0n) is 20.4. The van der Waals surface area contributed by atoms with Crippen molar-refractivity contribution in [1.82, 2.24) is 4.98 Å². The van der Waals surface area contributed by atoms with E-state index in [4.69, 9.17) is 9.47 Å². The van der Waals surface area contributed by atoms with Gasteiger partial charge in [-0.25, -0.2) is 0 Å². The van der Waals surface area contributed by atoms with E-state index in [-0.39, 0.29) is 22.8 Å². The van der Waals surface area contributed by atoms with Gasteiger partial charge in [-0.2, -0.15) is 0 Å². The van der Waals surface area contributed by atoms with Crippen LogP contribution in [0.4, 0.5) is 5.69 Å². The van der Waals surface area contributed by atoms with Gasteiger partial charge >= 0.3 is 0 Å². The number of benzene rings is 3. The lowest BCUT2D eigenvalue weighted by molar-refractivity contribution is -0.132.